The van der Waals surface area contributed by atoms with Gasteiger partial charge in [-0.3, -0.25) is 0 Å². The Morgan fingerprint density at radius 1 is 1.25 bits per heavy atom. The maximum atomic E-state index is 5.40. The van der Waals surface area contributed by atoms with Crippen LogP contribution in [0.3, 0.4) is 0 Å². The summed E-state index contributed by atoms with van der Waals surface area (Å²) in [7, 11) is 3.32. The van der Waals surface area contributed by atoms with E-state index in [9.17, 15) is 0 Å². The second kappa shape index (κ2) is 7.55. The summed E-state index contributed by atoms with van der Waals surface area (Å²) in [5.41, 5.74) is 1.10. The molecule has 0 aliphatic carbocycles. The van der Waals surface area contributed by atoms with Crippen molar-refractivity contribution in [3.05, 3.63) is 42.0 Å². The van der Waals surface area contributed by atoms with Crippen molar-refractivity contribution in [2.75, 3.05) is 20.8 Å². The predicted octanol–water partition coefficient (Wildman–Crippen LogP) is 2.15. The number of hydrogen-bond acceptors (Lipinski definition) is 4. The molecule has 0 saturated carbocycles. The second-order valence-electron chi connectivity index (χ2n) is 4.47. The Morgan fingerprint density at radius 2 is 2.15 bits per heavy atom. The molecule has 0 fully saturated rings. The molecule has 0 atom stereocenters. The minimum absolute atomic E-state index is 0.762. The Morgan fingerprint density at radius 3 is 2.85 bits per heavy atom. The van der Waals surface area contributed by atoms with Gasteiger partial charge in [-0.2, -0.15) is 0 Å². The lowest BCUT2D eigenvalue weighted by Crippen LogP contribution is -2.16. The average molecular weight is 275 g/mol. The number of aromatic nitrogens is 2. The van der Waals surface area contributed by atoms with Crippen LogP contribution in [-0.4, -0.2) is 30.7 Å². The third-order valence-corrected chi connectivity index (χ3v) is 3.12. The quantitative estimate of drug-likeness (QED) is 0.725. The predicted molar refractivity (Wildman–Crippen MR) is 78.2 cm³/mol. The first-order chi connectivity index (χ1) is 9.85. The minimum atomic E-state index is 0.762. The van der Waals surface area contributed by atoms with Gasteiger partial charge in [0.2, 0.25) is 0 Å². The molecule has 1 aromatic heterocycles. The molecule has 0 bridgehead atoms. The Balaban J connectivity index is 1.79. The van der Waals surface area contributed by atoms with Crippen molar-refractivity contribution in [3.8, 4) is 11.5 Å². The van der Waals surface area contributed by atoms with Gasteiger partial charge >= 0.3 is 0 Å². The van der Waals surface area contributed by atoms with Crippen LogP contribution < -0.4 is 14.8 Å². The van der Waals surface area contributed by atoms with Gasteiger partial charge in [0, 0.05) is 30.9 Å². The molecule has 0 aliphatic heterocycles. The van der Waals surface area contributed by atoms with E-state index in [4.69, 9.17) is 9.47 Å². The van der Waals surface area contributed by atoms with Gasteiger partial charge < -0.3 is 19.8 Å². The first kappa shape index (κ1) is 14.4. The van der Waals surface area contributed by atoms with Gasteiger partial charge in [0.1, 0.15) is 5.82 Å². The normalized spacial score (nSPS) is 10.5. The molecule has 1 heterocycles. The molecule has 5 nitrogen and oxygen atoms in total. The van der Waals surface area contributed by atoms with E-state index in [1.165, 1.54) is 0 Å². The Kier molecular flexibility index (Phi) is 5.43. The number of imidazole rings is 1. The smallest absolute Gasteiger partial charge is 0.165 e. The van der Waals surface area contributed by atoms with Gasteiger partial charge in [0.15, 0.2) is 11.5 Å². The highest BCUT2D eigenvalue weighted by molar-refractivity contribution is 5.46. The van der Waals surface area contributed by atoms with E-state index in [0.717, 1.165) is 48.8 Å². The lowest BCUT2D eigenvalue weighted by atomic mass is 10.2. The summed E-state index contributed by atoms with van der Waals surface area (Å²) in [4.78, 5) is 7.31. The minimum Gasteiger partial charge on any atom is -0.493 e. The van der Waals surface area contributed by atoms with Crippen LogP contribution in [0.2, 0.25) is 0 Å². The van der Waals surface area contributed by atoms with Crippen LogP contribution in [0.15, 0.2) is 30.6 Å². The Hall–Kier alpha value is -2.01. The highest BCUT2D eigenvalue weighted by atomic mass is 16.5. The fourth-order valence-corrected chi connectivity index (χ4v) is 2.13. The SMILES string of the molecule is COc1cccc(CNCCCc2ncc[nH]2)c1OC. The lowest BCUT2D eigenvalue weighted by Gasteiger charge is -2.13. The zero-order chi connectivity index (χ0) is 14.2. The fourth-order valence-electron chi connectivity index (χ4n) is 2.13. The van der Waals surface area contributed by atoms with Crippen LogP contribution >= 0.6 is 0 Å². The number of benzene rings is 1. The van der Waals surface area contributed by atoms with E-state index < -0.39 is 0 Å². The Bertz CT molecular complexity index is 512. The number of hydrogen-bond donors (Lipinski definition) is 2. The third-order valence-electron chi connectivity index (χ3n) is 3.12. The molecule has 0 amide bonds. The third kappa shape index (κ3) is 3.74. The van der Waals surface area contributed by atoms with Crippen LogP contribution in [0.1, 0.15) is 17.8 Å². The highest BCUT2D eigenvalue weighted by Gasteiger charge is 2.08. The van der Waals surface area contributed by atoms with Crippen LogP contribution in [0.25, 0.3) is 0 Å². The van der Waals surface area contributed by atoms with Gasteiger partial charge in [-0.1, -0.05) is 12.1 Å². The molecule has 5 heteroatoms. The van der Waals surface area contributed by atoms with Gasteiger partial charge in [-0.25, -0.2) is 4.98 Å². The molecule has 0 spiro atoms. The summed E-state index contributed by atoms with van der Waals surface area (Å²) in [5, 5.41) is 3.41. The molecular weight excluding hydrogens is 254 g/mol. The monoisotopic (exact) mass is 275 g/mol. The molecule has 0 unspecified atom stereocenters. The zero-order valence-electron chi connectivity index (χ0n) is 12.0. The van der Waals surface area contributed by atoms with Gasteiger partial charge in [0.05, 0.1) is 14.2 Å². The van der Waals surface area contributed by atoms with Gasteiger partial charge in [-0.05, 0) is 19.0 Å². The van der Waals surface area contributed by atoms with Crippen molar-refractivity contribution in [1.29, 1.82) is 0 Å². The van der Waals surface area contributed by atoms with Crippen molar-refractivity contribution in [2.24, 2.45) is 0 Å². The fraction of sp³-hybridized carbons (Fsp3) is 0.400. The number of nitrogens with one attached hydrogen (secondary N) is 2. The summed E-state index contributed by atoms with van der Waals surface area (Å²) >= 11 is 0. The van der Waals surface area contributed by atoms with Crippen molar-refractivity contribution in [1.82, 2.24) is 15.3 Å². The lowest BCUT2D eigenvalue weighted by molar-refractivity contribution is 0.350. The maximum Gasteiger partial charge on any atom is 0.165 e. The van der Waals surface area contributed by atoms with E-state index in [0.29, 0.717) is 0 Å². The first-order valence-corrected chi connectivity index (χ1v) is 6.74. The molecule has 2 aromatic rings. The van der Waals surface area contributed by atoms with Gasteiger partial charge in [0.25, 0.3) is 0 Å². The number of aryl methyl sites for hydroxylation is 1. The topological polar surface area (TPSA) is 59.2 Å². The summed E-state index contributed by atoms with van der Waals surface area (Å²) in [6.07, 6.45) is 5.63. The number of methoxy groups -OCH3 is 2. The maximum absolute atomic E-state index is 5.40. The summed E-state index contributed by atoms with van der Waals surface area (Å²) in [5.74, 6) is 2.60. The van der Waals surface area contributed by atoms with E-state index in [1.807, 2.05) is 24.4 Å². The average Bonchev–Trinajstić information content (AvgIpc) is 2.99. The van der Waals surface area contributed by atoms with Crippen molar-refractivity contribution in [3.63, 3.8) is 0 Å². The molecule has 2 rings (SSSR count). The second-order valence-corrected chi connectivity index (χ2v) is 4.47. The highest BCUT2D eigenvalue weighted by Crippen LogP contribution is 2.30. The Labute approximate surface area is 119 Å². The van der Waals surface area contributed by atoms with Gasteiger partial charge in [-0.15, -0.1) is 0 Å². The van der Waals surface area contributed by atoms with E-state index in [2.05, 4.69) is 15.3 Å². The van der Waals surface area contributed by atoms with Crippen molar-refractivity contribution < 1.29 is 9.47 Å². The van der Waals surface area contributed by atoms with Crippen molar-refractivity contribution >= 4 is 0 Å². The molecular formula is C15H21N3O2. The molecule has 0 aliphatic rings. The number of H-pyrrole nitrogens is 1. The van der Waals surface area contributed by atoms with E-state index in [-0.39, 0.29) is 0 Å². The summed E-state index contributed by atoms with van der Waals surface area (Å²) in [6, 6.07) is 5.92. The molecule has 1 aromatic carbocycles. The molecule has 0 radical (unpaired) electrons. The number of rotatable bonds is 8. The van der Waals surface area contributed by atoms with Crippen LogP contribution in [0.4, 0.5) is 0 Å². The molecule has 108 valence electrons. The molecule has 0 saturated heterocycles. The zero-order valence-corrected chi connectivity index (χ0v) is 12.0. The van der Waals surface area contributed by atoms with Crippen LogP contribution in [0.5, 0.6) is 11.5 Å². The summed E-state index contributed by atoms with van der Waals surface area (Å²) < 4.78 is 10.7. The van der Waals surface area contributed by atoms with Crippen LogP contribution in [-0.2, 0) is 13.0 Å². The molecule has 2 N–H and O–H groups in total. The summed E-state index contributed by atoms with van der Waals surface area (Å²) in [6.45, 7) is 1.69. The standard InChI is InChI=1S/C15H21N3O2/c1-19-13-6-3-5-12(15(13)20-2)11-16-8-4-7-14-17-9-10-18-14/h3,5-6,9-10,16H,4,7-8,11H2,1-2H3,(H,17,18). The van der Waals surface area contributed by atoms with Crippen molar-refractivity contribution in [2.45, 2.75) is 19.4 Å². The number of para-hydroxylation sites is 1. The van der Waals surface area contributed by atoms with Crippen LogP contribution in [0, 0.1) is 0 Å². The largest absolute Gasteiger partial charge is 0.493 e. The van der Waals surface area contributed by atoms with E-state index >= 15 is 0 Å². The number of ether oxygens (including phenoxy) is 2. The first-order valence-electron chi connectivity index (χ1n) is 6.74. The van der Waals surface area contributed by atoms with E-state index in [1.54, 1.807) is 20.4 Å². The number of nitrogens with zero attached hydrogens (tertiary/aromatic N) is 1. The number of aromatic amines is 1. The molecule has 20 heavy (non-hydrogen) atoms.